The lowest BCUT2D eigenvalue weighted by Gasteiger charge is -2.12. The number of amides is 1. The van der Waals surface area contributed by atoms with Gasteiger partial charge in [0.25, 0.3) is 0 Å². The Kier molecular flexibility index (Phi) is 2.75. The number of carbonyl (C=O) groups excluding carboxylic acids is 1. The van der Waals surface area contributed by atoms with Crippen LogP contribution in [0.5, 0.6) is 0 Å². The van der Waals surface area contributed by atoms with Crippen LogP contribution in [0.4, 0.5) is 4.79 Å². The molecule has 19 heavy (non-hydrogen) atoms. The molecule has 7 nitrogen and oxygen atoms in total. The van der Waals surface area contributed by atoms with Crippen molar-refractivity contribution >= 4 is 17.2 Å². The van der Waals surface area contributed by atoms with Gasteiger partial charge in [-0.1, -0.05) is 6.07 Å². The summed E-state index contributed by atoms with van der Waals surface area (Å²) in [5.74, 6) is -0.490. The number of nitrogens with zero attached hydrogens (tertiary/aromatic N) is 1. The zero-order chi connectivity index (χ0) is 13.4. The van der Waals surface area contributed by atoms with Crippen LogP contribution in [0.25, 0.3) is 11.1 Å². The molecular formula is C12H13N3O4. The predicted molar refractivity (Wildman–Crippen MR) is 66.6 cm³/mol. The van der Waals surface area contributed by atoms with Gasteiger partial charge in [-0.15, -0.1) is 0 Å². The summed E-state index contributed by atoms with van der Waals surface area (Å²) in [6, 6.07) is 5.31. The molecule has 100 valence electrons. The standard InChI is InChI=1S/C12H13N3O4/c13-4-8-6-15(12(17)18-8)5-7-1-2-9-10(3-7)19-11(16)14-9/h1-3,8H,4-6,13H2,(H,14,16). The van der Waals surface area contributed by atoms with Gasteiger partial charge < -0.3 is 19.8 Å². The molecule has 1 amide bonds. The number of fused-ring (bicyclic) bond motifs is 1. The Labute approximate surface area is 107 Å². The fourth-order valence-corrected chi connectivity index (χ4v) is 2.14. The van der Waals surface area contributed by atoms with E-state index in [9.17, 15) is 9.59 Å². The van der Waals surface area contributed by atoms with Gasteiger partial charge in [0.2, 0.25) is 0 Å². The molecule has 2 heterocycles. The van der Waals surface area contributed by atoms with Crippen molar-refractivity contribution in [3.8, 4) is 0 Å². The van der Waals surface area contributed by atoms with Gasteiger partial charge in [0.15, 0.2) is 5.58 Å². The molecule has 1 aromatic carbocycles. The number of nitrogens with two attached hydrogens (primary N) is 1. The van der Waals surface area contributed by atoms with Gasteiger partial charge in [-0.2, -0.15) is 0 Å². The van der Waals surface area contributed by atoms with Crippen LogP contribution in [0.15, 0.2) is 27.4 Å². The Morgan fingerprint density at radius 1 is 1.42 bits per heavy atom. The Hall–Kier alpha value is -2.28. The number of hydrogen-bond donors (Lipinski definition) is 2. The highest BCUT2D eigenvalue weighted by atomic mass is 16.6. The van der Waals surface area contributed by atoms with Gasteiger partial charge in [-0.05, 0) is 17.7 Å². The van der Waals surface area contributed by atoms with Crippen molar-refractivity contribution in [3.05, 3.63) is 34.3 Å². The molecule has 1 fully saturated rings. The number of hydrogen-bond acceptors (Lipinski definition) is 5. The molecule has 1 unspecified atom stereocenters. The minimum Gasteiger partial charge on any atom is -0.443 e. The lowest BCUT2D eigenvalue weighted by molar-refractivity contribution is 0.134. The first-order valence-corrected chi connectivity index (χ1v) is 5.93. The van der Waals surface area contributed by atoms with Crippen LogP contribution in [-0.2, 0) is 11.3 Å². The van der Waals surface area contributed by atoms with E-state index in [-0.39, 0.29) is 12.2 Å². The van der Waals surface area contributed by atoms with Gasteiger partial charge >= 0.3 is 11.8 Å². The van der Waals surface area contributed by atoms with Gasteiger partial charge in [-0.25, -0.2) is 9.59 Å². The van der Waals surface area contributed by atoms with Crippen LogP contribution in [0.3, 0.4) is 0 Å². The first-order chi connectivity index (χ1) is 9.15. The number of H-pyrrole nitrogens is 1. The lowest BCUT2D eigenvalue weighted by Crippen LogP contribution is -2.27. The van der Waals surface area contributed by atoms with Gasteiger partial charge in [0.05, 0.1) is 12.1 Å². The van der Waals surface area contributed by atoms with E-state index in [1.165, 1.54) is 0 Å². The molecule has 0 aliphatic carbocycles. The SMILES string of the molecule is NCC1CN(Cc2ccc3[nH]c(=O)oc3c2)C(=O)O1. The average molecular weight is 263 g/mol. The van der Waals surface area contributed by atoms with Gasteiger partial charge in [0.1, 0.15) is 6.10 Å². The summed E-state index contributed by atoms with van der Waals surface area (Å²) in [6.45, 7) is 1.19. The number of aromatic nitrogens is 1. The smallest absolute Gasteiger partial charge is 0.417 e. The van der Waals surface area contributed by atoms with Crippen molar-refractivity contribution in [2.75, 3.05) is 13.1 Å². The number of benzene rings is 1. The molecule has 3 N–H and O–H groups in total. The maximum Gasteiger partial charge on any atom is 0.417 e. The van der Waals surface area contributed by atoms with Crippen LogP contribution in [0.1, 0.15) is 5.56 Å². The number of carbonyl (C=O) groups is 1. The minimum atomic E-state index is -0.490. The third-order valence-corrected chi connectivity index (χ3v) is 3.07. The molecule has 0 spiro atoms. The second-order valence-corrected chi connectivity index (χ2v) is 4.47. The zero-order valence-corrected chi connectivity index (χ0v) is 10.1. The quantitative estimate of drug-likeness (QED) is 0.834. The number of aromatic amines is 1. The average Bonchev–Trinajstić information content (AvgIpc) is 2.91. The zero-order valence-electron chi connectivity index (χ0n) is 10.1. The first kappa shape index (κ1) is 11.8. The lowest BCUT2D eigenvalue weighted by atomic mass is 10.2. The Balaban J connectivity index is 1.81. The highest BCUT2D eigenvalue weighted by Gasteiger charge is 2.30. The van der Waals surface area contributed by atoms with Crippen LogP contribution < -0.4 is 11.5 Å². The monoisotopic (exact) mass is 263 g/mol. The second kappa shape index (κ2) is 4.43. The van der Waals surface area contributed by atoms with Crippen molar-refractivity contribution < 1.29 is 13.9 Å². The molecule has 0 bridgehead atoms. The fraction of sp³-hybridized carbons (Fsp3) is 0.333. The van der Waals surface area contributed by atoms with E-state index in [1.807, 2.05) is 6.07 Å². The third-order valence-electron chi connectivity index (χ3n) is 3.07. The molecule has 1 aliphatic rings. The predicted octanol–water partition coefficient (Wildman–Crippen LogP) is 0.401. The van der Waals surface area contributed by atoms with Gasteiger partial charge in [0, 0.05) is 13.1 Å². The molecule has 1 aliphatic heterocycles. The Morgan fingerprint density at radius 3 is 3.00 bits per heavy atom. The van der Waals surface area contributed by atoms with E-state index in [0.717, 1.165) is 5.56 Å². The van der Waals surface area contributed by atoms with E-state index in [1.54, 1.807) is 17.0 Å². The summed E-state index contributed by atoms with van der Waals surface area (Å²) in [5.41, 5.74) is 7.45. The molecular weight excluding hydrogens is 250 g/mol. The van der Waals surface area contributed by atoms with Crippen LogP contribution in [-0.4, -0.2) is 35.2 Å². The van der Waals surface area contributed by atoms with Crippen molar-refractivity contribution in [1.29, 1.82) is 0 Å². The van der Waals surface area contributed by atoms with Crippen molar-refractivity contribution in [3.63, 3.8) is 0 Å². The highest BCUT2D eigenvalue weighted by Crippen LogP contribution is 2.17. The molecule has 1 aromatic heterocycles. The van der Waals surface area contributed by atoms with E-state index in [2.05, 4.69) is 4.98 Å². The molecule has 1 saturated heterocycles. The maximum absolute atomic E-state index is 11.6. The van der Waals surface area contributed by atoms with Gasteiger partial charge in [-0.3, -0.25) is 4.98 Å². The first-order valence-electron chi connectivity index (χ1n) is 5.93. The van der Waals surface area contributed by atoms with Crippen molar-refractivity contribution in [2.24, 2.45) is 5.73 Å². The molecule has 1 atom stereocenters. The molecule has 2 aromatic rings. The van der Waals surface area contributed by atoms with E-state index >= 15 is 0 Å². The summed E-state index contributed by atoms with van der Waals surface area (Å²) in [7, 11) is 0. The van der Waals surface area contributed by atoms with Crippen LogP contribution in [0, 0.1) is 0 Å². The third kappa shape index (κ3) is 2.19. The number of rotatable bonds is 3. The molecule has 3 rings (SSSR count). The fourth-order valence-electron chi connectivity index (χ4n) is 2.14. The minimum absolute atomic E-state index is 0.249. The molecule has 0 saturated carbocycles. The van der Waals surface area contributed by atoms with E-state index in [0.29, 0.717) is 30.7 Å². The van der Waals surface area contributed by atoms with Crippen LogP contribution >= 0.6 is 0 Å². The molecule has 0 radical (unpaired) electrons. The van der Waals surface area contributed by atoms with Crippen molar-refractivity contribution in [1.82, 2.24) is 9.88 Å². The topological polar surface area (TPSA) is 102 Å². The number of oxazole rings is 1. The largest absolute Gasteiger partial charge is 0.443 e. The normalized spacial score (nSPS) is 19.1. The van der Waals surface area contributed by atoms with E-state index < -0.39 is 5.76 Å². The summed E-state index contributed by atoms with van der Waals surface area (Å²) < 4.78 is 10.0. The Bertz CT molecular complexity index is 675. The number of cyclic esters (lactones) is 1. The summed E-state index contributed by atoms with van der Waals surface area (Å²) in [4.78, 5) is 26.8. The summed E-state index contributed by atoms with van der Waals surface area (Å²) in [6.07, 6.45) is -0.618. The second-order valence-electron chi connectivity index (χ2n) is 4.47. The highest BCUT2D eigenvalue weighted by molar-refractivity contribution is 5.73. The summed E-state index contributed by atoms with van der Waals surface area (Å²) >= 11 is 0. The number of nitrogens with one attached hydrogen (secondary N) is 1. The van der Waals surface area contributed by atoms with Crippen LogP contribution in [0.2, 0.25) is 0 Å². The van der Waals surface area contributed by atoms with E-state index in [4.69, 9.17) is 14.9 Å². The molecule has 7 heteroatoms. The Morgan fingerprint density at radius 2 is 2.26 bits per heavy atom. The van der Waals surface area contributed by atoms with Crippen molar-refractivity contribution in [2.45, 2.75) is 12.6 Å². The number of ether oxygens (including phenoxy) is 1. The summed E-state index contributed by atoms with van der Waals surface area (Å²) in [5, 5.41) is 0. The maximum atomic E-state index is 11.6.